The molecule has 0 aliphatic carbocycles. The third-order valence-corrected chi connectivity index (χ3v) is 4.28. The van der Waals surface area contributed by atoms with Crippen molar-refractivity contribution in [3.8, 4) is 5.75 Å². The molecule has 2 unspecified atom stereocenters. The molecule has 4 rings (SSSR count). The van der Waals surface area contributed by atoms with Gasteiger partial charge < -0.3 is 14.6 Å². The van der Waals surface area contributed by atoms with Gasteiger partial charge in [-0.25, -0.2) is 0 Å². The molecule has 1 aromatic carbocycles. The highest BCUT2D eigenvalue weighted by Gasteiger charge is 2.29. The number of para-hydroxylation sites is 1. The molecule has 3 heterocycles. The minimum absolute atomic E-state index is 0.131. The summed E-state index contributed by atoms with van der Waals surface area (Å²) < 4.78 is 11.3. The number of aromatic nitrogens is 2. The molecule has 1 aromatic heterocycles. The van der Waals surface area contributed by atoms with Crippen LogP contribution < -0.4 is 10.1 Å². The Labute approximate surface area is 123 Å². The molecule has 110 valence electrons. The van der Waals surface area contributed by atoms with Crippen molar-refractivity contribution in [3.63, 3.8) is 0 Å². The Balaban J connectivity index is 1.43. The van der Waals surface area contributed by atoms with E-state index in [4.69, 9.17) is 9.26 Å². The number of fused-ring (bicyclic) bond motifs is 1. The van der Waals surface area contributed by atoms with Gasteiger partial charge in [0.15, 0.2) is 11.9 Å². The first-order valence-electron chi connectivity index (χ1n) is 7.66. The molecule has 0 spiro atoms. The van der Waals surface area contributed by atoms with Gasteiger partial charge >= 0.3 is 0 Å². The van der Waals surface area contributed by atoms with E-state index in [9.17, 15) is 0 Å². The van der Waals surface area contributed by atoms with Gasteiger partial charge in [0.25, 0.3) is 5.89 Å². The minimum Gasteiger partial charge on any atom is -0.480 e. The van der Waals surface area contributed by atoms with E-state index in [1.807, 2.05) is 18.2 Å². The van der Waals surface area contributed by atoms with Gasteiger partial charge in [-0.15, -0.1) is 0 Å². The van der Waals surface area contributed by atoms with Gasteiger partial charge in [0.05, 0.1) is 0 Å². The highest BCUT2D eigenvalue weighted by atomic mass is 16.5. The number of nitrogens with zero attached hydrogens (tertiary/aromatic N) is 2. The summed E-state index contributed by atoms with van der Waals surface area (Å²) in [6.45, 7) is 2.18. The summed E-state index contributed by atoms with van der Waals surface area (Å²) in [6, 6.07) is 8.08. The smallest absolute Gasteiger partial charge is 0.268 e. The summed E-state index contributed by atoms with van der Waals surface area (Å²) >= 11 is 0. The Morgan fingerprint density at radius 1 is 1.29 bits per heavy atom. The number of ether oxygens (including phenoxy) is 1. The van der Waals surface area contributed by atoms with E-state index >= 15 is 0 Å². The number of hydrogen-bond acceptors (Lipinski definition) is 5. The molecule has 0 bridgehead atoms. The van der Waals surface area contributed by atoms with Crippen LogP contribution in [0.25, 0.3) is 0 Å². The van der Waals surface area contributed by atoms with Gasteiger partial charge in [-0.3, -0.25) is 0 Å². The van der Waals surface area contributed by atoms with E-state index in [-0.39, 0.29) is 6.10 Å². The molecule has 0 amide bonds. The van der Waals surface area contributed by atoms with Crippen molar-refractivity contribution < 1.29 is 9.26 Å². The summed E-state index contributed by atoms with van der Waals surface area (Å²) in [4.78, 5) is 4.54. The van der Waals surface area contributed by atoms with E-state index in [1.54, 1.807) is 0 Å². The van der Waals surface area contributed by atoms with Crippen LogP contribution in [0, 0.1) is 5.92 Å². The van der Waals surface area contributed by atoms with Gasteiger partial charge in [-0.2, -0.15) is 4.98 Å². The fourth-order valence-electron chi connectivity index (χ4n) is 3.16. The molecule has 0 saturated carbocycles. The third kappa shape index (κ3) is 2.65. The minimum atomic E-state index is -0.131. The molecule has 2 aliphatic rings. The van der Waals surface area contributed by atoms with Crippen LogP contribution in [0.3, 0.4) is 0 Å². The number of nitrogens with one attached hydrogen (secondary N) is 1. The van der Waals surface area contributed by atoms with Crippen LogP contribution in [0.4, 0.5) is 0 Å². The van der Waals surface area contributed by atoms with Crippen molar-refractivity contribution in [2.45, 2.75) is 31.8 Å². The Bertz CT molecular complexity index is 594. The van der Waals surface area contributed by atoms with Gasteiger partial charge in [0, 0.05) is 12.8 Å². The molecule has 1 N–H and O–H groups in total. The molecule has 1 fully saturated rings. The van der Waals surface area contributed by atoms with E-state index in [0.717, 1.165) is 37.5 Å². The molecule has 2 aliphatic heterocycles. The van der Waals surface area contributed by atoms with E-state index in [0.29, 0.717) is 11.8 Å². The van der Waals surface area contributed by atoms with Crippen molar-refractivity contribution in [2.24, 2.45) is 5.92 Å². The van der Waals surface area contributed by atoms with Crippen molar-refractivity contribution in [2.75, 3.05) is 13.1 Å². The largest absolute Gasteiger partial charge is 0.480 e. The summed E-state index contributed by atoms with van der Waals surface area (Å²) in [6.07, 6.45) is 4.03. The summed E-state index contributed by atoms with van der Waals surface area (Å²) in [5.74, 6) is 2.95. The van der Waals surface area contributed by atoms with Crippen LogP contribution in [0.15, 0.2) is 28.8 Å². The van der Waals surface area contributed by atoms with Gasteiger partial charge in [0.2, 0.25) is 0 Å². The average Bonchev–Trinajstić information content (AvgIpc) is 3.14. The topological polar surface area (TPSA) is 60.2 Å². The normalized spacial score (nSPS) is 24.6. The maximum absolute atomic E-state index is 5.89. The lowest BCUT2D eigenvalue weighted by atomic mass is 9.96. The number of hydrogen-bond donors (Lipinski definition) is 1. The maximum Gasteiger partial charge on any atom is 0.268 e. The summed E-state index contributed by atoms with van der Waals surface area (Å²) in [5.41, 5.74) is 1.21. The van der Waals surface area contributed by atoms with Crippen molar-refractivity contribution >= 4 is 0 Å². The Morgan fingerprint density at radius 2 is 2.24 bits per heavy atom. The Morgan fingerprint density at radius 3 is 3.10 bits per heavy atom. The van der Waals surface area contributed by atoms with Crippen LogP contribution in [-0.2, 0) is 12.8 Å². The molecule has 1 saturated heterocycles. The highest BCUT2D eigenvalue weighted by molar-refractivity contribution is 5.37. The number of rotatable bonds is 3. The lowest BCUT2D eigenvalue weighted by Crippen LogP contribution is -2.31. The lowest BCUT2D eigenvalue weighted by molar-refractivity contribution is 0.183. The molecule has 2 aromatic rings. The summed E-state index contributed by atoms with van der Waals surface area (Å²) in [5, 5.41) is 7.54. The molecule has 2 atom stereocenters. The van der Waals surface area contributed by atoms with E-state index in [1.165, 1.54) is 18.4 Å². The third-order valence-electron chi connectivity index (χ3n) is 4.28. The maximum atomic E-state index is 5.89. The molecule has 0 radical (unpaired) electrons. The fourth-order valence-corrected chi connectivity index (χ4v) is 3.16. The predicted octanol–water partition coefficient (Wildman–Crippen LogP) is 2.29. The van der Waals surface area contributed by atoms with E-state index in [2.05, 4.69) is 21.5 Å². The second-order valence-corrected chi connectivity index (χ2v) is 5.88. The monoisotopic (exact) mass is 285 g/mol. The second-order valence-electron chi connectivity index (χ2n) is 5.88. The molecule has 5 nitrogen and oxygen atoms in total. The van der Waals surface area contributed by atoms with Crippen molar-refractivity contribution in [1.82, 2.24) is 15.5 Å². The van der Waals surface area contributed by atoms with Crippen LogP contribution >= 0.6 is 0 Å². The van der Waals surface area contributed by atoms with E-state index < -0.39 is 0 Å². The SMILES string of the molecule is c1ccc2c(c1)CC(c1nc(CC3CCCNC3)no1)O2. The number of piperidine rings is 1. The standard InChI is InChI=1S/C16H19N3O2/c1-2-6-13-12(5-1)9-14(20-13)16-18-15(19-21-16)8-11-4-3-7-17-10-11/h1-2,5-6,11,14,17H,3-4,7-10H2. The molecule has 21 heavy (non-hydrogen) atoms. The molecule has 5 heteroatoms. The van der Waals surface area contributed by atoms with Crippen molar-refractivity contribution in [1.29, 1.82) is 0 Å². The summed E-state index contributed by atoms with van der Waals surface area (Å²) in [7, 11) is 0. The Hall–Kier alpha value is -1.88. The van der Waals surface area contributed by atoms with Crippen LogP contribution in [0.2, 0.25) is 0 Å². The zero-order chi connectivity index (χ0) is 14.1. The first kappa shape index (κ1) is 12.8. The van der Waals surface area contributed by atoms with Gasteiger partial charge in [0.1, 0.15) is 5.75 Å². The van der Waals surface area contributed by atoms with Gasteiger partial charge in [-0.1, -0.05) is 23.4 Å². The second kappa shape index (κ2) is 5.48. The average molecular weight is 285 g/mol. The lowest BCUT2D eigenvalue weighted by Gasteiger charge is -2.20. The molecular weight excluding hydrogens is 266 g/mol. The fraction of sp³-hybridized carbons (Fsp3) is 0.500. The van der Waals surface area contributed by atoms with Crippen molar-refractivity contribution in [3.05, 3.63) is 41.5 Å². The highest BCUT2D eigenvalue weighted by Crippen LogP contribution is 2.35. The predicted molar refractivity (Wildman–Crippen MR) is 77.1 cm³/mol. The molecular formula is C16H19N3O2. The zero-order valence-electron chi connectivity index (χ0n) is 11.9. The number of benzene rings is 1. The quantitative estimate of drug-likeness (QED) is 0.937. The first-order chi connectivity index (χ1) is 10.4. The van der Waals surface area contributed by atoms with Crippen LogP contribution in [0.5, 0.6) is 5.75 Å². The van der Waals surface area contributed by atoms with Gasteiger partial charge in [-0.05, 0) is 43.5 Å². The van der Waals surface area contributed by atoms with Crippen LogP contribution in [0.1, 0.15) is 36.2 Å². The Kier molecular flexibility index (Phi) is 3.35. The van der Waals surface area contributed by atoms with Crippen LogP contribution in [-0.4, -0.2) is 23.2 Å². The first-order valence-corrected chi connectivity index (χ1v) is 7.66. The zero-order valence-corrected chi connectivity index (χ0v) is 11.9.